The highest BCUT2D eigenvalue weighted by atomic mass is 19.4. The fraction of sp³-hybridized carbons (Fsp3) is 0.435. The smallest absolute Gasteiger partial charge is 0.416 e. The van der Waals surface area contributed by atoms with Gasteiger partial charge in [0, 0.05) is 80.3 Å². The third-order valence-electron chi connectivity index (χ3n) is 6.00. The van der Waals surface area contributed by atoms with E-state index >= 15 is 0 Å². The number of likely N-dealkylation sites (N-methyl/N-ethyl adjacent to an activating group) is 1. The third kappa shape index (κ3) is 4.35. The molecular weight excluding hydrogens is 405 g/mol. The van der Waals surface area contributed by atoms with Gasteiger partial charge in [0.15, 0.2) is 0 Å². The fourth-order valence-corrected chi connectivity index (χ4v) is 4.29. The number of piperazine rings is 1. The minimum Gasteiger partial charge on any atom is -0.496 e. The van der Waals surface area contributed by atoms with E-state index in [4.69, 9.17) is 4.74 Å². The minimum atomic E-state index is -4.39. The summed E-state index contributed by atoms with van der Waals surface area (Å²) in [4.78, 5) is 9.20. The van der Waals surface area contributed by atoms with Crippen LogP contribution in [0, 0.1) is 0 Å². The van der Waals surface area contributed by atoms with Gasteiger partial charge in [0.1, 0.15) is 5.75 Å². The maximum absolute atomic E-state index is 13.4. The van der Waals surface area contributed by atoms with E-state index in [1.807, 2.05) is 12.1 Å². The van der Waals surface area contributed by atoms with Gasteiger partial charge >= 0.3 is 6.18 Å². The van der Waals surface area contributed by atoms with Gasteiger partial charge in [-0.1, -0.05) is 12.1 Å². The van der Waals surface area contributed by atoms with Crippen LogP contribution in [0.1, 0.15) is 22.5 Å². The zero-order chi connectivity index (χ0) is 22.2. The number of methoxy groups -OCH3 is 1. The zero-order valence-electron chi connectivity index (χ0n) is 18.0. The van der Waals surface area contributed by atoms with Crippen molar-refractivity contribution in [2.24, 2.45) is 0 Å². The van der Waals surface area contributed by atoms with Gasteiger partial charge < -0.3 is 19.9 Å². The number of hydrogen-bond acceptors (Lipinski definition) is 5. The van der Waals surface area contributed by atoms with Crippen molar-refractivity contribution in [2.75, 3.05) is 57.6 Å². The van der Waals surface area contributed by atoms with Crippen molar-refractivity contribution in [3.63, 3.8) is 0 Å². The van der Waals surface area contributed by atoms with Crippen LogP contribution in [0.15, 0.2) is 30.3 Å². The van der Waals surface area contributed by atoms with Gasteiger partial charge in [-0.05, 0) is 19.2 Å². The normalized spacial score (nSPS) is 16.8. The fourth-order valence-electron chi connectivity index (χ4n) is 4.29. The molecule has 0 saturated carbocycles. The molecule has 2 heterocycles. The molecule has 1 saturated heterocycles. The van der Waals surface area contributed by atoms with Gasteiger partial charge in [0.05, 0.1) is 18.4 Å². The van der Waals surface area contributed by atoms with E-state index in [0.29, 0.717) is 23.5 Å². The number of allylic oxidation sites excluding steroid dienone is 2. The number of pyridine rings is 1. The first-order valence-corrected chi connectivity index (χ1v) is 10.4. The van der Waals surface area contributed by atoms with Crippen LogP contribution in [-0.4, -0.2) is 63.4 Å². The maximum atomic E-state index is 13.4. The zero-order valence-corrected chi connectivity index (χ0v) is 18.0. The molecule has 2 aliphatic rings. The SMILES string of the molecule is CNc1cc(Cc2ccc(N3CCN(C)CC3)cc2OC)nc2c1C(C(F)(F)F)=CC2. The predicted octanol–water partition coefficient (Wildman–Crippen LogP) is 3.98. The molecule has 5 nitrogen and oxygen atoms in total. The molecule has 0 radical (unpaired) electrons. The Balaban J connectivity index is 1.60. The van der Waals surface area contributed by atoms with Gasteiger partial charge in [0.25, 0.3) is 0 Å². The molecular formula is C23H27F3N4O. The van der Waals surface area contributed by atoms with Crippen LogP contribution >= 0.6 is 0 Å². The van der Waals surface area contributed by atoms with E-state index in [2.05, 4.69) is 33.2 Å². The Bertz CT molecular complexity index is 995. The Morgan fingerprint density at radius 2 is 1.87 bits per heavy atom. The second-order valence-corrected chi connectivity index (χ2v) is 8.02. The Morgan fingerprint density at radius 3 is 2.52 bits per heavy atom. The minimum absolute atomic E-state index is 0.163. The lowest BCUT2D eigenvalue weighted by molar-refractivity contribution is -0.0687. The first-order valence-electron chi connectivity index (χ1n) is 10.4. The number of nitrogens with zero attached hydrogens (tertiary/aromatic N) is 3. The molecule has 1 aromatic heterocycles. The number of ether oxygens (including phenoxy) is 1. The first-order chi connectivity index (χ1) is 14.8. The number of halogens is 3. The highest BCUT2D eigenvalue weighted by molar-refractivity contribution is 5.84. The second-order valence-electron chi connectivity index (χ2n) is 8.02. The van der Waals surface area contributed by atoms with E-state index in [-0.39, 0.29) is 12.0 Å². The summed E-state index contributed by atoms with van der Waals surface area (Å²) in [5, 5.41) is 2.92. The van der Waals surface area contributed by atoms with Crippen LogP contribution < -0.4 is 15.0 Å². The van der Waals surface area contributed by atoms with E-state index < -0.39 is 11.7 Å². The van der Waals surface area contributed by atoms with Crippen LogP contribution in [0.4, 0.5) is 24.5 Å². The van der Waals surface area contributed by atoms with E-state index in [1.54, 1.807) is 20.2 Å². The van der Waals surface area contributed by atoms with E-state index in [1.165, 1.54) is 6.08 Å². The molecule has 2 aromatic rings. The van der Waals surface area contributed by atoms with Crippen molar-refractivity contribution in [3.05, 3.63) is 52.9 Å². The average Bonchev–Trinajstić information content (AvgIpc) is 3.18. The number of rotatable bonds is 5. The number of benzene rings is 1. The van der Waals surface area contributed by atoms with Crippen molar-refractivity contribution >= 4 is 16.9 Å². The van der Waals surface area contributed by atoms with Crippen LogP contribution in [0.25, 0.3) is 5.57 Å². The third-order valence-corrected chi connectivity index (χ3v) is 6.00. The number of fused-ring (bicyclic) bond motifs is 1. The lowest BCUT2D eigenvalue weighted by atomic mass is 10.0. The summed E-state index contributed by atoms with van der Waals surface area (Å²) >= 11 is 0. The molecule has 0 atom stereocenters. The molecule has 0 amide bonds. The summed E-state index contributed by atoms with van der Waals surface area (Å²) < 4.78 is 45.7. The Labute approximate surface area is 180 Å². The lowest BCUT2D eigenvalue weighted by Gasteiger charge is -2.34. The summed E-state index contributed by atoms with van der Waals surface area (Å²) in [7, 11) is 5.40. The van der Waals surface area contributed by atoms with Crippen molar-refractivity contribution in [2.45, 2.75) is 19.0 Å². The summed E-state index contributed by atoms with van der Waals surface area (Å²) in [6.45, 7) is 3.96. The second kappa shape index (κ2) is 8.42. The number of nitrogens with one attached hydrogen (secondary N) is 1. The number of aromatic nitrogens is 1. The van der Waals surface area contributed by atoms with Crippen molar-refractivity contribution in [1.82, 2.24) is 9.88 Å². The van der Waals surface area contributed by atoms with Crippen molar-refractivity contribution in [1.29, 1.82) is 0 Å². The molecule has 4 rings (SSSR count). The van der Waals surface area contributed by atoms with Gasteiger partial charge in [-0.2, -0.15) is 13.2 Å². The molecule has 8 heteroatoms. The average molecular weight is 432 g/mol. The van der Waals surface area contributed by atoms with Crippen molar-refractivity contribution < 1.29 is 17.9 Å². The molecule has 0 spiro atoms. The number of hydrogen-bond donors (Lipinski definition) is 1. The Morgan fingerprint density at radius 1 is 1.13 bits per heavy atom. The van der Waals surface area contributed by atoms with Gasteiger partial charge in [-0.3, -0.25) is 4.98 Å². The molecule has 0 bridgehead atoms. The summed E-state index contributed by atoms with van der Waals surface area (Å²) in [5.74, 6) is 0.763. The molecule has 1 fully saturated rings. The quantitative estimate of drug-likeness (QED) is 0.774. The van der Waals surface area contributed by atoms with Crippen LogP contribution in [0.2, 0.25) is 0 Å². The van der Waals surface area contributed by atoms with Crippen LogP contribution in [-0.2, 0) is 12.8 Å². The van der Waals surface area contributed by atoms with Gasteiger partial charge in [-0.15, -0.1) is 0 Å². The lowest BCUT2D eigenvalue weighted by Crippen LogP contribution is -2.44. The molecule has 1 aliphatic heterocycles. The van der Waals surface area contributed by atoms with Crippen molar-refractivity contribution in [3.8, 4) is 5.75 Å². The molecule has 1 aromatic carbocycles. The van der Waals surface area contributed by atoms with Crippen LogP contribution in [0.5, 0.6) is 5.75 Å². The molecule has 166 valence electrons. The highest BCUT2D eigenvalue weighted by Crippen LogP contribution is 2.43. The Kier molecular flexibility index (Phi) is 5.83. The molecule has 0 unspecified atom stereocenters. The number of alkyl halides is 3. The summed E-state index contributed by atoms with van der Waals surface area (Å²) in [6.07, 6.45) is -2.50. The molecule has 1 N–H and O–H groups in total. The molecule has 31 heavy (non-hydrogen) atoms. The first kappa shape index (κ1) is 21.5. The van der Waals surface area contributed by atoms with Crippen LogP contribution in [0.3, 0.4) is 0 Å². The van der Waals surface area contributed by atoms with Gasteiger partial charge in [-0.25, -0.2) is 0 Å². The highest BCUT2D eigenvalue weighted by Gasteiger charge is 2.39. The summed E-state index contributed by atoms with van der Waals surface area (Å²) in [5.41, 5.74) is 3.25. The standard InChI is InChI=1S/C23H27F3N4O/c1-27-20-13-16(28-19-7-6-18(22(19)20)23(24,25)26)12-15-4-5-17(14-21(15)31-3)30-10-8-29(2)9-11-30/h4-6,13-14H,7-12H2,1-3H3,(H,27,28). The monoisotopic (exact) mass is 432 g/mol. The largest absolute Gasteiger partial charge is 0.496 e. The molecule has 1 aliphatic carbocycles. The van der Waals surface area contributed by atoms with Gasteiger partial charge in [0.2, 0.25) is 0 Å². The maximum Gasteiger partial charge on any atom is 0.416 e. The van der Waals surface area contributed by atoms with E-state index in [0.717, 1.165) is 43.2 Å². The number of anilines is 2. The topological polar surface area (TPSA) is 40.6 Å². The summed E-state index contributed by atoms with van der Waals surface area (Å²) in [6, 6.07) is 7.85. The van der Waals surface area contributed by atoms with E-state index in [9.17, 15) is 13.2 Å². The predicted molar refractivity (Wildman–Crippen MR) is 117 cm³/mol. The Hall–Kier alpha value is -2.74.